The Balaban J connectivity index is 2.31. The minimum absolute atomic E-state index is 0.00295. The number of carbonyl (C=O) groups is 1. The van der Waals surface area contributed by atoms with Crippen LogP contribution < -0.4 is 5.32 Å². The smallest absolute Gasteiger partial charge is 0.274 e. The third-order valence-electron chi connectivity index (χ3n) is 2.40. The number of hydrogen-bond acceptors (Lipinski definition) is 5. The summed E-state index contributed by atoms with van der Waals surface area (Å²) >= 11 is 3.14. The van der Waals surface area contributed by atoms with Gasteiger partial charge in [0.05, 0.1) is 26.8 Å². The van der Waals surface area contributed by atoms with E-state index in [1.807, 2.05) is 0 Å². The topological polar surface area (TPSA) is 125 Å². The lowest BCUT2D eigenvalue weighted by molar-refractivity contribution is -0.384. The van der Waals surface area contributed by atoms with Crippen molar-refractivity contribution in [1.29, 1.82) is 5.26 Å². The number of nitro groups is 1. The van der Waals surface area contributed by atoms with Crippen LogP contribution in [0.2, 0.25) is 0 Å². The number of nitro benzene ring substituents is 1. The maximum atomic E-state index is 11.9. The minimum atomic E-state index is -0.613. The van der Waals surface area contributed by atoms with Gasteiger partial charge in [0.1, 0.15) is 11.8 Å². The quantitative estimate of drug-likeness (QED) is 0.657. The van der Waals surface area contributed by atoms with Crippen LogP contribution in [0, 0.1) is 21.4 Å². The molecule has 1 amide bonds. The predicted molar refractivity (Wildman–Crippen MR) is 72.1 cm³/mol. The second-order valence-electron chi connectivity index (χ2n) is 3.65. The highest BCUT2D eigenvalue weighted by atomic mass is 79.9. The summed E-state index contributed by atoms with van der Waals surface area (Å²) in [7, 11) is 0. The van der Waals surface area contributed by atoms with E-state index in [0.717, 1.165) is 6.07 Å². The molecule has 100 valence electrons. The molecular formula is C11H6BrN5O3. The number of nitrogens with zero attached hydrogens (tertiary/aromatic N) is 3. The summed E-state index contributed by atoms with van der Waals surface area (Å²) in [6, 6.07) is 5.41. The normalized spacial score (nSPS) is 9.80. The Morgan fingerprint density at radius 1 is 1.55 bits per heavy atom. The number of H-pyrrole nitrogens is 1. The number of amides is 1. The Bertz CT molecular complexity index is 734. The summed E-state index contributed by atoms with van der Waals surface area (Å²) < 4.78 is 0.468. The van der Waals surface area contributed by atoms with Gasteiger partial charge in [-0.15, -0.1) is 0 Å². The van der Waals surface area contributed by atoms with Crippen LogP contribution in [0.5, 0.6) is 0 Å². The zero-order chi connectivity index (χ0) is 14.7. The lowest BCUT2D eigenvalue weighted by atomic mass is 10.1. The second kappa shape index (κ2) is 5.50. The molecule has 1 aromatic heterocycles. The van der Waals surface area contributed by atoms with E-state index in [1.54, 1.807) is 6.07 Å². The lowest BCUT2D eigenvalue weighted by Crippen LogP contribution is -2.14. The number of halogens is 1. The average Bonchev–Trinajstić information content (AvgIpc) is 2.85. The molecule has 0 aliphatic heterocycles. The Morgan fingerprint density at radius 2 is 2.30 bits per heavy atom. The molecule has 2 N–H and O–H groups in total. The third-order valence-corrected chi connectivity index (χ3v) is 3.00. The number of aromatic nitrogens is 2. The number of non-ortho nitro benzene ring substituents is 1. The van der Waals surface area contributed by atoms with Crippen LogP contribution in [0.25, 0.3) is 0 Å². The molecule has 0 saturated heterocycles. The molecule has 2 aromatic rings. The number of nitriles is 1. The van der Waals surface area contributed by atoms with E-state index < -0.39 is 10.8 Å². The van der Waals surface area contributed by atoms with Crippen molar-refractivity contribution in [2.45, 2.75) is 0 Å². The molecule has 0 aliphatic carbocycles. The van der Waals surface area contributed by atoms with Crippen molar-refractivity contribution in [2.75, 3.05) is 5.32 Å². The summed E-state index contributed by atoms with van der Waals surface area (Å²) in [6.45, 7) is 0. The molecule has 1 aromatic carbocycles. The fraction of sp³-hybridized carbons (Fsp3) is 0. The largest absolute Gasteiger partial charge is 0.319 e. The van der Waals surface area contributed by atoms with Crippen molar-refractivity contribution in [2.24, 2.45) is 0 Å². The SMILES string of the molecule is N#Cc1cc([N+](=O)[O-])ccc1NC(=O)c1[nH]ncc1Br. The fourth-order valence-corrected chi connectivity index (χ4v) is 1.83. The molecule has 0 fully saturated rings. The molecule has 2 rings (SSSR count). The molecule has 0 unspecified atom stereocenters. The van der Waals surface area contributed by atoms with Crippen LogP contribution in [-0.4, -0.2) is 21.0 Å². The van der Waals surface area contributed by atoms with Crippen molar-refractivity contribution >= 4 is 33.2 Å². The van der Waals surface area contributed by atoms with Crippen molar-refractivity contribution in [3.8, 4) is 6.07 Å². The maximum Gasteiger partial charge on any atom is 0.274 e. The van der Waals surface area contributed by atoms with Gasteiger partial charge in [-0.25, -0.2) is 0 Å². The summed E-state index contributed by atoms with van der Waals surface area (Å²) in [5.74, 6) is -0.514. The Kier molecular flexibility index (Phi) is 3.76. The van der Waals surface area contributed by atoms with E-state index >= 15 is 0 Å². The van der Waals surface area contributed by atoms with E-state index in [4.69, 9.17) is 5.26 Å². The molecule has 8 nitrogen and oxygen atoms in total. The minimum Gasteiger partial charge on any atom is -0.319 e. The number of rotatable bonds is 3. The molecule has 1 heterocycles. The first-order chi connectivity index (χ1) is 9.52. The van der Waals surface area contributed by atoms with Crippen LogP contribution >= 0.6 is 15.9 Å². The average molecular weight is 336 g/mol. The van der Waals surface area contributed by atoms with E-state index in [2.05, 4.69) is 31.4 Å². The molecule has 0 aliphatic rings. The summed E-state index contributed by atoms with van der Waals surface area (Å²) in [4.78, 5) is 21.9. The van der Waals surface area contributed by atoms with Crippen LogP contribution in [-0.2, 0) is 0 Å². The Hall–Kier alpha value is -2.73. The molecule has 0 atom stereocenters. The highest BCUT2D eigenvalue weighted by Gasteiger charge is 2.16. The number of anilines is 1. The van der Waals surface area contributed by atoms with Gasteiger partial charge in [-0.05, 0) is 22.0 Å². The van der Waals surface area contributed by atoms with E-state index in [0.29, 0.717) is 4.47 Å². The Morgan fingerprint density at radius 3 is 2.85 bits per heavy atom. The molecule has 0 bridgehead atoms. The molecule has 0 radical (unpaired) electrons. The predicted octanol–water partition coefficient (Wildman–Crippen LogP) is 2.20. The van der Waals surface area contributed by atoms with Gasteiger partial charge in [-0.3, -0.25) is 20.0 Å². The summed E-state index contributed by atoms with van der Waals surface area (Å²) in [6.07, 6.45) is 1.41. The monoisotopic (exact) mass is 335 g/mol. The molecule has 20 heavy (non-hydrogen) atoms. The third kappa shape index (κ3) is 2.65. The van der Waals surface area contributed by atoms with Crippen LogP contribution in [0.4, 0.5) is 11.4 Å². The lowest BCUT2D eigenvalue weighted by Gasteiger charge is -2.05. The fourth-order valence-electron chi connectivity index (χ4n) is 1.46. The number of nitrogens with one attached hydrogen (secondary N) is 2. The van der Waals surface area contributed by atoms with Crippen LogP contribution in [0.3, 0.4) is 0 Å². The number of carbonyl (C=O) groups excluding carboxylic acids is 1. The summed E-state index contributed by atoms with van der Waals surface area (Å²) in [5, 5.41) is 28.2. The zero-order valence-corrected chi connectivity index (χ0v) is 11.3. The van der Waals surface area contributed by atoms with Crippen molar-refractivity contribution in [3.63, 3.8) is 0 Å². The van der Waals surface area contributed by atoms with Crippen LogP contribution in [0.1, 0.15) is 16.1 Å². The van der Waals surface area contributed by atoms with Crippen molar-refractivity contribution in [1.82, 2.24) is 10.2 Å². The van der Waals surface area contributed by atoms with Gasteiger partial charge in [-0.1, -0.05) is 0 Å². The van der Waals surface area contributed by atoms with Gasteiger partial charge in [0.25, 0.3) is 11.6 Å². The van der Waals surface area contributed by atoms with Crippen LogP contribution in [0.15, 0.2) is 28.9 Å². The van der Waals surface area contributed by atoms with E-state index in [1.165, 1.54) is 18.3 Å². The number of hydrogen-bond donors (Lipinski definition) is 2. The number of aromatic amines is 1. The first-order valence-electron chi connectivity index (χ1n) is 5.21. The van der Waals surface area contributed by atoms with Gasteiger partial charge in [0.2, 0.25) is 0 Å². The van der Waals surface area contributed by atoms with Gasteiger partial charge >= 0.3 is 0 Å². The van der Waals surface area contributed by atoms with Crippen molar-refractivity contribution < 1.29 is 9.72 Å². The van der Waals surface area contributed by atoms with E-state index in [-0.39, 0.29) is 22.6 Å². The van der Waals surface area contributed by atoms with Gasteiger partial charge < -0.3 is 5.32 Å². The standard InChI is InChI=1S/C11H6BrN5O3/c12-8-5-14-16-10(8)11(18)15-9-2-1-7(17(19)20)3-6(9)4-13/h1-3,5H,(H,14,16)(H,15,18). The Labute approximate surface area is 120 Å². The van der Waals surface area contributed by atoms with E-state index in [9.17, 15) is 14.9 Å². The maximum absolute atomic E-state index is 11.9. The first kappa shape index (κ1) is 13.7. The number of benzene rings is 1. The molecular weight excluding hydrogens is 330 g/mol. The zero-order valence-electron chi connectivity index (χ0n) is 9.75. The van der Waals surface area contributed by atoms with Crippen molar-refractivity contribution in [3.05, 3.63) is 50.2 Å². The summed E-state index contributed by atoms with van der Waals surface area (Å²) in [5.41, 5.74) is 0.155. The van der Waals surface area contributed by atoms with Gasteiger partial charge in [-0.2, -0.15) is 10.4 Å². The molecule has 9 heteroatoms. The molecule has 0 saturated carbocycles. The van der Waals surface area contributed by atoms with Gasteiger partial charge in [0.15, 0.2) is 0 Å². The highest BCUT2D eigenvalue weighted by molar-refractivity contribution is 9.10. The first-order valence-corrected chi connectivity index (χ1v) is 6.01. The van der Waals surface area contributed by atoms with Gasteiger partial charge in [0, 0.05) is 12.1 Å². The molecule has 0 spiro atoms. The second-order valence-corrected chi connectivity index (χ2v) is 4.50. The highest BCUT2D eigenvalue weighted by Crippen LogP contribution is 2.22.